The molecule has 1 aromatic heterocycles. The van der Waals surface area contributed by atoms with Crippen LogP contribution in [0.5, 0.6) is 0 Å². The highest BCUT2D eigenvalue weighted by molar-refractivity contribution is 6.30. The van der Waals surface area contributed by atoms with E-state index in [0.29, 0.717) is 23.9 Å². The fourth-order valence-electron chi connectivity index (χ4n) is 1.83. The van der Waals surface area contributed by atoms with E-state index in [9.17, 15) is 10.1 Å². The number of nitrogens with one attached hydrogen (secondary N) is 2. The van der Waals surface area contributed by atoms with Crippen LogP contribution in [0.25, 0.3) is 0 Å². The van der Waals surface area contributed by atoms with Crippen LogP contribution in [0.3, 0.4) is 0 Å². The predicted molar refractivity (Wildman–Crippen MR) is 83.8 cm³/mol. The zero-order valence-corrected chi connectivity index (χ0v) is 12.2. The highest BCUT2D eigenvalue weighted by Crippen LogP contribution is 2.24. The maximum absolute atomic E-state index is 10.9. The smallest absolute Gasteiger partial charge is 0.311 e. The van der Waals surface area contributed by atoms with Gasteiger partial charge in [0.1, 0.15) is 5.82 Å². The molecule has 0 saturated carbocycles. The highest BCUT2D eigenvalue weighted by atomic mass is 35.5. The van der Waals surface area contributed by atoms with Gasteiger partial charge in [-0.05, 0) is 30.7 Å². The Balaban J connectivity index is 2.13. The molecule has 2 N–H and O–H groups in total. The first kappa shape index (κ1) is 15.1. The average molecular weight is 307 g/mol. The zero-order chi connectivity index (χ0) is 15.2. The summed E-state index contributed by atoms with van der Waals surface area (Å²) in [7, 11) is 0. The molecule has 6 nitrogen and oxygen atoms in total. The van der Waals surface area contributed by atoms with E-state index in [0.717, 1.165) is 5.56 Å². The van der Waals surface area contributed by atoms with Gasteiger partial charge in [-0.3, -0.25) is 10.1 Å². The minimum atomic E-state index is -0.453. The van der Waals surface area contributed by atoms with E-state index >= 15 is 0 Å². The van der Waals surface area contributed by atoms with Crippen molar-refractivity contribution in [3.63, 3.8) is 0 Å². The molecular formula is C14H15ClN4O2. The Morgan fingerprint density at radius 3 is 2.76 bits per heavy atom. The van der Waals surface area contributed by atoms with Crippen LogP contribution in [0, 0.1) is 10.1 Å². The number of hydrogen-bond acceptors (Lipinski definition) is 5. The zero-order valence-electron chi connectivity index (χ0n) is 11.5. The van der Waals surface area contributed by atoms with Gasteiger partial charge in [0.2, 0.25) is 5.82 Å². The molecule has 0 unspecified atom stereocenters. The van der Waals surface area contributed by atoms with Gasteiger partial charge in [0.15, 0.2) is 0 Å². The second-order valence-electron chi connectivity index (χ2n) is 4.34. The quantitative estimate of drug-likeness (QED) is 0.628. The lowest BCUT2D eigenvalue weighted by molar-refractivity contribution is -0.384. The fourth-order valence-corrected chi connectivity index (χ4v) is 2.05. The number of hydrogen-bond donors (Lipinski definition) is 2. The van der Waals surface area contributed by atoms with Gasteiger partial charge in [0.25, 0.3) is 0 Å². The summed E-state index contributed by atoms with van der Waals surface area (Å²) in [6.07, 6.45) is 0. The SMILES string of the molecule is CCNc1nc(NCc2cccc(Cl)c2)ccc1[N+](=O)[O-]. The van der Waals surface area contributed by atoms with Crippen LogP contribution >= 0.6 is 11.6 Å². The molecule has 110 valence electrons. The van der Waals surface area contributed by atoms with Crippen molar-refractivity contribution >= 4 is 28.9 Å². The van der Waals surface area contributed by atoms with Gasteiger partial charge < -0.3 is 10.6 Å². The van der Waals surface area contributed by atoms with E-state index in [1.165, 1.54) is 6.07 Å². The van der Waals surface area contributed by atoms with Gasteiger partial charge >= 0.3 is 5.69 Å². The summed E-state index contributed by atoms with van der Waals surface area (Å²) in [5.41, 5.74) is 0.970. The van der Waals surface area contributed by atoms with Crippen molar-refractivity contribution in [2.75, 3.05) is 17.2 Å². The van der Waals surface area contributed by atoms with Crippen LogP contribution in [-0.2, 0) is 6.54 Å². The number of anilines is 2. The van der Waals surface area contributed by atoms with Crippen molar-refractivity contribution in [3.05, 3.63) is 57.1 Å². The molecule has 0 radical (unpaired) electrons. The first-order valence-corrected chi connectivity index (χ1v) is 6.85. The summed E-state index contributed by atoms with van der Waals surface area (Å²) < 4.78 is 0. The predicted octanol–water partition coefficient (Wildman–Crippen LogP) is 3.69. The van der Waals surface area contributed by atoms with Crippen molar-refractivity contribution < 1.29 is 4.92 Å². The Labute approximate surface area is 127 Å². The minimum absolute atomic E-state index is 0.0369. The van der Waals surface area contributed by atoms with Crippen LogP contribution in [0.15, 0.2) is 36.4 Å². The lowest BCUT2D eigenvalue weighted by Gasteiger charge is -2.09. The molecule has 0 saturated heterocycles. The van der Waals surface area contributed by atoms with Crippen molar-refractivity contribution in [1.82, 2.24) is 4.98 Å². The Morgan fingerprint density at radius 2 is 2.10 bits per heavy atom. The van der Waals surface area contributed by atoms with Crippen molar-refractivity contribution in [3.8, 4) is 0 Å². The first-order valence-electron chi connectivity index (χ1n) is 6.47. The van der Waals surface area contributed by atoms with Gasteiger partial charge in [0, 0.05) is 24.2 Å². The molecule has 0 aliphatic heterocycles. The van der Waals surface area contributed by atoms with E-state index in [2.05, 4.69) is 15.6 Å². The standard InChI is InChI=1S/C14H15ClN4O2/c1-2-16-14-12(19(20)21)6-7-13(18-14)17-9-10-4-3-5-11(15)8-10/h3-8H,2,9H2,1H3,(H2,16,17,18). The molecule has 0 spiro atoms. The second-order valence-corrected chi connectivity index (χ2v) is 4.77. The van der Waals surface area contributed by atoms with Crippen molar-refractivity contribution in [2.24, 2.45) is 0 Å². The number of rotatable bonds is 6. The monoisotopic (exact) mass is 306 g/mol. The van der Waals surface area contributed by atoms with Gasteiger partial charge in [-0.25, -0.2) is 4.98 Å². The third-order valence-corrected chi connectivity index (χ3v) is 3.01. The Hall–Kier alpha value is -2.34. The van der Waals surface area contributed by atoms with E-state index in [-0.39, 0.29) is 11.5 Å². The Bertz CT molecular complexity index is 649. The molecule has 0 amide bonds. The average Bonchev–Trinajstić information content (AvgIpc) is 2.45. The lowest BCUT2D eigenvalue weighted by Crippen LogP contribution is -2.07. The molecule has 2 aromatic rings. The van der Waals surface area contributed by atoms with Crippen LogP contribution in [0.1, 0.15) is 12.5 Å². The normalized spacial score (nSPS) is 10.2. The summed E-state index contributed by atoms with van der Waals surface area (Å²) in [4.78, 5) is 14.7. The van der Waals surface area contributed by atoms with Gasteiger partial charge in [0.05, 0.1) is 4.92 Å². The van der Waals surface area contributed by atoms with Crippen LogP contribution in [0.2, 0.25) is 5.02 Å². The van der Waals surface area contributed by atoms with E-state index in [1.807, 2.05) is 25.1 Å². The maximum Gasteiger partial charge on any atom is 0.311 e. The number of benzene rings is 1. The maximum atomic E-state index is 10.9. The third kappa shape index (κ3) is 4.06. The highest BCUT2D eigenvalue weighted by Gasteiger charge is 2.15. The molecule has 0 aliphatic rings. The Morgan fingerprint density at radius 1 is 1.29 bits per heavy atom. The van der Waals surface area contributed by atoms with Gasteiger partial charge in [-0.15, -0.1) is 0 Å². The van der Waals surface area contributed by atoms with Crippen LogP contribution in [-0.4, -0.2) is 16.5 Å². The summed E-state index contributed by atoms with van der Waals surface area (Å²) in [6.45, 7) is 2.96. The summed E-state index contributed by atoms with van der Waals surface area (Å²) in [5, 5.41) is 17.6. The molecular weight excluding hydrogens is 292 g/mol. The number of halogens is 1. The molecule has 0 aliphatic carbocycles. The number of nitro groups is 1. The molecule has 0 fully saturated rings. The molecule has 1 heterocycles. The number of aromatic nitrogens is 1. The summed E-state index contributed by atoms with van der Waals surface area (Å²) >= 11 is 5.92. The molecule has 0 bridgehead atoms. The molecule has 7 heteroatoms. The summed E-state index contributed by atoms with van der Waals surface area (Å²) in [5.74, 6) is 0.829. The van der Waals surface area contributed by atoms with Gasteiger partial charge in [-0.1, -0.05) is 23.7 Å². The van der Waals surface area contributed by atoms with Gasteiger partial charge in [-0.2, -0.15) is 0 Å². The largest absolute Gasteiger partial charge is 0.366 e. The molecule has 0 atom stereocenters. The minimum Gasteiger partial charge on any atom is -0.366 e. The molecule has 2 rings (SSSR count). The van der Waals surface area contributed by atoms with Crippen LogP contribution < -0.4 is 10.6 Å². The van der Waals surface area contributed by atoms with Crippen LogP contribution in [0.4, 0.5) is 17.3 Å². The first-order chi connectivity index (χ1) is 10.1. The van der Waals surface area contributed by atoms with Crippen molar-refractivity contribution in [2.45, 2.75) is 13.5 Å². The Kier molecular flexibility index (Phi) is 4.94. The van der Waals surface area contributed by atoms with E-state index < -0.39 is 4.92 Å². The molecule has 1 aromatic carbocycles. The number of nitrogens with zero attached hydrogens (tertiary/aromatic N) is 2. The van der Waals surface area contributed by atoms with E-state index in [4.69, 9.17) is 11.6 Å². The van der Waals surface area contributed by atoms with Crippen molar-refractivity contribution in [1.29, 1.82) is 0 Å². The second kappa shape index (κ2) is 6.90. The lowest BCUT2D eigenvalue weighted by atomic mass is 10.2. The molecule has 21 heavy (non-hydrogen) atoms. The number of pyridine rings is 1. The summed E-state index contributed by atoms with van der Waals surface area (Å²) in [6, 6.07) is 10.5. The topological polar surface area (TPSA) is 80.1 Å². The fraction of sp³-hybridized carbons (Fsp3) is 0.214. The third-order valence-electron chi connectivity index (χ3n) is 2.78. The van der Waals surface area contributed by atoms with E-state index in [1.54, 1.807) is 12.1 Å².